The summed E-state index contributed by atoms with van der Waals surface area (Å²) in [5.74, 6) is 0.737. The summed E-state index contributed by atoms with van der Waals surface area (Å²) in [6.45, 7) is 3.95. The predicted molar refractivity (Wildman–Crippen MR) is 124 cm³/mol. The molecule has 30 heavy (non-hydrogen) atoms. The van der Waals surface area contributed by atoms with Gasteiger partial charge in [0, 0.05) is 37.1 Å². The lowest BCUT2D eigenvalue weighted by atomic mass is 10.1. The molecule has 0 spiro atoms. The highest BCUT2D eigenvalue weighted by molar-refractivity contribution is 7.09. The molecule has 0 aliphatic carbocycles. The second-order valence-electron chi connectivity index (χ2n) is 6.94. The van der Waals surface area contributed by atoms with Crippen LogP contribution in [0.5, 0.6) is 0 Å². The van der Waals surface area contributed by atoms with Crippen LogP contribution < -0.4 is 10.6 Å². The van der Waals surface area contributed by atoms with Crippen LogP contribution >= 0.6 is 11.3 Å². The second kappa shape index (κ2) is 10.5. The van der Waals surface area contributed by atoms with Gasteiger partial charge in [0.1, 0.15) is 5.01 Å². The molecule has 1 aromatic heterocycles. The number of aromatic nitrogens is 1. The Morgan fingerprint density at radius 3 is 2.47 bits per heavy atom. The van der Waals surface area contributed by atoms with Crippen molar-refractivity contribution in [2.24, 2.45) is 4.99 Å². The molecule has 0 aliphatic rings. The molecule has 0 fully saturated rings. The van der Waals surface area contributed by atoms with Crippen molar-refractivity contribution in [3.8, 4) is 11.3 Å². The van der Waals surface area contributed by atoms with E-state index in [0.717, 1.165) is 34.3 Å². The molecular weight excluding hydrogens is 394 g/mol. The molecule has 0 aliphatic heterocycles. The smallest absolute Gasteiger partial charge is 0.253 e. The highest BCUT2D eigenvalue weighted by Crippen LogP contribution is 2.21. The molecule has 0 unspecified atom stereocenters. The van der Waals surface area contributed by atoms with Crippen LogP contribution in [0.3, 0.4) is 0 Å². The number of benzene rings is 2. The number of hydrogen-bond acceptors (Lipinski definition) is 4. The monoisotopic (exact) mass is 421 g/mol. The van der Waals surface area contributed by atoms with Crippen molar-refractivity contribution >= 4 is 23.2 Å². The SMILES string of the molecule is CCNC(=NCc1ccc(C(=O)N(C)C)cc1)NCc1nc(-c2ccccc2)cs1. The Bertz CT molecular complexity index is 980. The van der Waals surface area contributed by atoms with Gasteiger partial charge >= 0.3 is 0 Å². The van der Waals surface area contributed by atoms with Gasteiger partial charge in [0.05, 0.1) is 18.8 Å². The maximum Gasteiger partial charge on any atom is 0.253 e. The first kappa shape index (κ1) is 21.5. The van der Waals surface area contributed by atoms with Crippen LogP contribution in [0.15, 0.2) is 65.0 Å². The van der Waals surface area contributed by atoms with Crippen molar-refractivity contribution in [1.82, 2.24) is 20.5 Å². The highest BCUT2D eigenvalue weighted by Gasteiger charge is 2.08. The summed E-state index contributed by atoms with van der Waals surface area (Å²) in [6, 6.07) is 17.7. The molecule has 0 saturated heterocycles. The van der Waals surface area contributed by atoms with Gasteiger partial charge in [0.25, 0.3) is 5.91 Å². The summed E-state index contributed by atoms with van der Waals surface area (Å²) < 4.78 is 0. The van der Waals surface area contributed by atoms with Crippen molar-refractivity contribution in [2.45, 2.75) is 20.0 Å². The van der Waals surface area contributed by atoms with Crippen LogP contribution in [-0.2, 0) is 13.1 Å². The molecule has 6 nitrogen and oxygen atoms in total. The van der Waals surface area contributed by atoms with E-state index < -0.39 is 0 Å². The third-order valence-corrected chi connectivity index (χ3v) is 5.25. The quantitative estimate of drug-likeness (QED) is 0.450. The number of nitrogens with one attached hydrogen (secondary N) is 2. The van der Waals surface area contributed by atoms with Crippen LogP contribution in [0, 0.1) is 0 Å². The fraction of sp³-hybridized carbons (Fsp3) is 0.261. The Labute approximate surface area is 181 Å². The first-order chi connectivity index (χ1) is 14.6. The van der Waals surface area contributed by atoms with Gasteiger partial charge in [-0.3, -0.25) is 4.79 Å². The van der Waals surface area contributed by atoms with Crippen molar-refractivity contribution in [2.75, 3.05) is 20.6 Å². The Kier molecular flexibility index (Phi) is 7.57. The molecule has 0 saturated carbocycles. The fourth-order valence-corrected chi connectivity index (χ4v) is 3.56. The van der Waals surface area contributed by atoms with Crippen molar-refractivity contribution < 1.29 is 4.79 Å². The van der Waals surface area contributed by atoms with Crippen molar-refractivity contribution in [3.05, 3.63) is 76.1 Å². The molecule has 0 radical (unpaired) electrons. The lowest BCUT2D eigenvalue weighted by Gasteiger charge is -2.11. The number of guanidine groups is 1. The number of carbonyl (C=O) groups is 1. The molecule has 0 bridgehead atoms. The maximum absolute atomic E-state index is 12.0. The first-order valence-electron chi connectivity index (χ1n) is 9.89. The van der Waals surface area contributed by atoms with E-state index in [0.29, 0.717) is 18.7 Å². The minimum absolute atomic E-state index is 0.00150. The fourth-order valence-electron chi connectivity index (χ4n) is 2.82. The number of carbonyl (C=O) groups excluding carboxylic acids is 1. The van der Waals surface area contributed by atoms with Gasteiger partial charge in [-0.1, -0.05) is 42.5 Å². The summed E-state index contributed by atoms with van der Waals surface area (Å²) in [7, 11) is 3.50. The lowest BCUT2D eigenvalue weighted by molar-refractivity contribution is 0.0827. The zero-order valence-corrected chi connectivity index (χ0v) is 18.4. The number of thiazole rings is 1. The van der Waals surface area contributed by atoms with Crippen LogP contribution in [0.4, 0.5) is 0 Å². The average Bonchev–Trinajstić information content (AvgIpc) is 3.25. The van der Waals surface area contributed by atoms with Gasteiger partial charge in [-0.2, -0.15) is 0 Å². The molecule has 3 rings (SSSR count). The van der Waals surface area contributed by atoms with Crippen molar-refractivity contribution in [1.29, 1.82) is 0 Å². The molecule has 7 heteroatoms. The van der Waals surface area contributed by atoms with E-state index in [1.54, 1.807) is 30.3 Å². The normalized spacial score (nSPS) is 11.2. The first-order valence-corrected chi connectivity index (χ1v) is 10.8. The number of amides is 1. The van der Waals surface area contributed by atoms with Crippen LogP contribution in [-0.4, -0.2) is 42.4 Å². The Hall–Kier alpha value is -3.19. The second-order valence-corrected chi connectivity index (χ2v) is 7.88. The summed E-state index contributed by atoms with van der Waals surface area (Å²) >= 11 is 1.63. The lowest BCUT2D eigenvalue weighted by Crippen LogP contribution is -2.36. The van der Waals surface area contributed by atoms with E-state index in [4.69, 9.17) is 4.98 Å². The number of nitrogens with zero attached hydrogens (tertiary/aromatic N) is 3. The summed E-state index contributed by atoms with van der Waals surface area (Å²) in [5.41, 5.74) is 3.84. The van der Waals surface area contributed by atoms with Gasteiger partial charge in [-0.15, -0.1) is 11.3 Å². The maximum atomic E-state index is 12.0. The number of hydrogen-bond donors (Lipinski definition) is 2. The van der Waals surface area contributed by atoms with Gasteiger partial charge in [-0.25, -0.2) is 9.98 Å². The predicted octanol–water partition coefficient (Wildman–Crippen LogP) is 3.77. The van der Waals surface area contributed by atoms with E-state index in [2.05, 4.69) is 33.1 Å². The zero-order chi connectivity index (χ0) is 21.3. The molecular formula is C23H27N5OS. The van der Waals surface area contributed by atoms with Crippen LogP contribution in [0.25, 0.3) is 11.3 Å². The van der Waals surface area contributed by atoms with Crippen LogP contribution in [0.1, 0.15) is 27.9 Å². The molecule has 0 atom stereocenters. The van der Waals surface area contributed by atoms with E-state index >= 15 is 0 Å². The minimum atomic E-state index is -0.00150. The van der Waals surface area contributed by atoms with Gasteiger partial charge in [0.15, 0.2) is 5.96 Å². The molecule has 1 heterocycles. The largest absolute Gasteiger partial charge is 0.357 e. The number of rotatable bonds is 7. The molecule has 3 aromatic rings. The van der Waals surface area contributed by atoms with Gasteiger partial charge in [0.2, 0.25) is 0 Å². The van der Waals surface area contributed by atoms with Crippen molar-refractivity contribution in [3.63, 3.8) is 0 Å². The van der Waals surface area contributed by atoms with Gasteiger partial charge in [-0.05, 0) is 24.6 Å². The topological polar surface area (TPSA) is 69.6 Å². The summed E-state index contributed by atoms with van der Waals surface area (Å²) in [6.07, 6.45) is 0. The van der Waals surface area contributed by atoms with E-state index in [-0.39, 0.29) is 5.91 Å². The molecule has 1 amide bonds. The third kappa shape index (κ3) is 5.90. The van der Waals surface area contributed by atoms with Gasteiger partial charge < -0.3 is 15.5 Å². The average molecular weight is 422 g/mol. The minimum Gasteiger partial charge on any atom is -0.357 e. The highest BCUT2D eigenvalue weighted by atomic mass is 32.1. The van der Waals surface area contributed by atoms with E-state index in [1.165, 1.54) is 0 Å². The Morgan fingerprint density at radius 2 is 1.80 bits per heavy atom. The van der Waals surface area contributed by atoms with E-state index in [1.807, 2.05) is 49.4 Å². The zero-order valence-electron chi connectivity index (χ0n) is 17.6. The molecule has 2 aromatic carbocycles. The standard InChI is InChI=1S/C23H27N5OS/c1-4-24-23(25-14-17-10-12-19(13-11-17)22(29)28(2)3)26-15-21-27-20(16-30-21)18-8-6-5-7-9-18/h5-13,16H,4,14-15H2,1-3H3,(H2,24,25,26). The summed E-state index contributed by atoms with van der Waals surface area (Å²) in [4.78, 5) is 22.9. The Morgan fingerprint density at radius 1 is 1.07 bits per heavy atom. The number of aliphatic imine (C=N–C) groups is 1. The Balaban J connectivity index is 1.60. The van der Waals surface area contributed by atoms with E-state index in [9.17, 15) is 4.79 Å². The third-order valence-electron chi connectivity index (χ3n) is 4.40. The van der Waals surface area contributed by atoms with Crippen LogP contribution in [0.2, 0.25) is 0 Å². The molecule has 2 N–H and O–H groups in total. The molecule has 156 valence electrons. The summed E-state index contributed by atoms with van der Waals surface area (Å²) in [5, 5.41) is 9.69.